The van der Waals surface area contributed by atoms with Crippen molar-refractivity contribution in [2.45, 2.75) is 19.1 Å². The standard InChI is InChI=1S/C22H24F3N3O3/c1-15-5-7-16(8-6-15)19(28-9-11-31-12-10-28)14-26-20(29)21(30)27-18-4-2-3-17(13-18)22(23,24)25/h2-8,13,19H,9-12,14H2,1H3,(H,26,29)(H,27,30)/t19-/m1/s1. The lowest BCUT2D eigenvalue weighted by Crippen LogP contribution is -2.45. The number of nitrogens with zero attached hydrogens (tertiary/aromatic N) is 1. The summed E-state index contributed by atoms with van der Waals surface area (Å²) in [6, 6.07) is 11.9. The van der Waals surface area contributed by atoms with Crippen molar-refractivity contribution in [3.05, 3.63) is 65.2 Å². The Morgan fingerprint density at radius 2 is 1.74 bits per heavy atom. The number of hydrogen-bond acceptors (Lipinski definition) is 4. The number of aryl methyl sites for hydroxylation is 1. The Hall–Kier alpha value is -2.91. The lowest BCUT2D eigenvalue weighted by molar-refractivity contribution is -0.137. The minimum atomic E-state index is -4.54. The molecule has 166 valence electrons. The van der Waals surface area contributed by atoms with Gasteiger partial charge < -0.3 is 15.4 Å². The maximum atomic E-state index is 12.8. The molecular formula is C22H24F3N3O3. The molecule has 1 aliphatic rings. The summed E-state index contributed by atoms with van der Waals surface area (Å²) in [5.41, 5.74) is 1.09. The lowest BCUT2D eigenvalue weighted by Gasteiger charge is -2.35. The molecule has 0 aliphatic carbocycles. The molecule has 0 spiro atoms. The molecule has 2 amide bonds. The molecule has 0 bridgehead atoms. The molecule has 0 saturated carbocycles. The molecule has 0 aromatic heterocycles. The van der Waals surface area contributed by atoms with Crippen molar-refractivity contribution >= 4 is 17.5 Å². The zero-order valence-electron chi connectivity index (χ0n) is 17.0. The van der Waals surface area contributed by atoms with Crippen LogP contribution in [0.25, 0.3) is 0 Å². The van der Waals surface area contributed by atoms with Crippen LogP contribution in [-0.4, -0.2) is 49.6 Å². The van der Waals surface area contributed by atoms with E-state index in [1.807, 2.05) is 31.2 Å². The highest BCUT2D eigenvalue weighted by molar-refractivity contribution is 6.39. The van der Waals surface area contributed by atoms with Crippen molar-refractivity contribution in [2.75, 3.05) is 38.2 Å². The minimum Gasteiger partial charge on any atom is -0.379 e. The smallest absolute Gasteiger partial charge is 0.379 e. The number of alkyl halides is 3. The van der Waals surface area contributed by atoms with Gasteiger partial charge >= 0.3 is 18.0 Å². The number of halogens is 3. The monoisotopic (exact) mass is 435 g/mol. The maximum absolute atomic E-state index is 12.8. The Labute approximate surface area is 178 Å². The number of benzene rings is 2. The van der Waals surface area contributed by atoms with Crippen LogP contribution in [0.3, 0.4) is 0 Å². The van der Waals surface area contributed by atoms with Gasteiger partial charge in [-0.2, -0.15) is 13.2 Å². The number of amides is 2. The average molecular weight is 435 g/mol. The summed E-state index contributed by atoms with van der Waals surface area (Å²) >= 11 is 0. The van der Waals surface area contributed by atoms with Crippen molar-refractivity contribution in [3.8, 4) is 0 Å². The Kier molecular flexibility index (Phi) is 7.29. The first-order valence-corrected chi connectivity index (χ1v) is 9.89. The highest BCUT2D eigenvalue weighted by Crippen LogP contribution is 2.30. The van der Waals surface area contributed by atoms with Crippen LogP contribution in [0.5, 0.6) is 0 Å². The molecule has 1 heterocycles. The van der Waals surface area contributed by atoms with Crippen LogP contribution >= 0.6 is 0 Å². The Balaban J connectivity index is 1.64. The van der Waals surface area contributed by atoms with E-state index in [4.69, 9.17) is 4.74 Å². The highest BCUT2D eigenvalue weighted by atomic mass is 19.4. The van der Waals surface area contributed by atoms with E-state index in [9.17, 15) is 22.8 Å². The Morgan fingerprint density at radius 1 is 1.06 bits per heavy atom. The number of anilines is 1. The fourth-order valence-electron chi connectivity index (χ4n) is 3.37. The summed E-state index contributed by atoms with van der Waals surface area (Å²) in [7, 11) is 0. The number of carbonyl (C=O) groups excluding carboxylic acids is 2. The molecule has 2 aromatic carbocycles. The topological polar surface area (TPSA) is 70.7 Å². The van der Waals surface area contributed by atoms with Crippen LogP contribution in [0, 0.1) is 6.92 Å². The third-order valence-corrected chi connectivity index (χ3v) is 5.06. The van der Waals surface area contributed by atoms with E-state index in [-0.39, 0.29) is 18.3 Å². The van der Waals surface area contributed by atoms with Crippen LogP contribution in [0.15, 0.2) is 48.5 Å². The molecule has 2 aromatic rings. The van der Waals surface area contributed by atoms with E-state index in [1.165, 1.54) is 12.1 Å². The van der Waals surface area contributed by atoms with Crippen LogP contribution in [-0.2, 0) is 20.5 Å². The first kappa shape index (κ1) is 22.8. The second kappa shape index (κ2) is 9.93. The fourth-order valence-corrected chi connectivity index (χ4v) is 3.37. The van der Waals surface area contributed by atoms with Crippen molar-refractivity contribution in [1.29, 1.82) is 0 Å². The molecular weight excluding hydrogens is 411 g/mol. The van der Waals surface area contributed by atoms with Gasteiger partial charge in [0.05, 0.1) is 24.8 Å². The van der Waals surface area contributed by atoms with Gasteiger partial charge in [0.25, 0.3) is 0 Å². The third-order valence-electron chi connectivity index (χ3n) is 5.06. The van der Waals surface area contributed by atoms with Crippen LogP contribution in [0.4, 0.5) is 18.9 Å². The summed E-state index contributed by atoms with van der Waals surface area (Å²) in [5.74, 6) is -1.94. The molecule has 3 rings (SSSR count). The fraction of sp³-hybridized carbons (Fsp3) is 0.364. The van der Waals surface area contributed by atoms with E-state index in [2.05, 4.69) is 15.5 Å². The first-order valence-electron chi connectivity index (χ1n) is 9.89. The van der Waals surface area contributed by atoms with E-state index in [0.29, 0.717) is 26.3 Å². The summed E-state index contributed by atoms with van der Waals surface area (Å²) < 4.78 is 43.9. The van der Waals surface area contributed by atoms with Gasteiger partial charge in [-0.15, -0.1) is 0 Å². The number of hydrogen-bond donors (Lipinski definition) is 2. The largest absolute Gasteiger partial charge is 0.416 e. The van der Waals surface area contributed by atoms with Gasteiger partial charge in [-0.05, 0) is 30.7 Å². The molecule has 1 aliphatic heterocycles. The van der Waals surface area contributed by atoms with Gasteiger partial charge in [0, 0.05) is 25.3 Å². The molecule has 9 heteroatoms. The lowest BCUT2D eigenvalue weighted by atomic mass is 10.0. The second-order valence-electron chi connectivity index (χ2n) is 7.32. The molecule has 0 unspecified atom stereocenters. The van der Waals surface area contributed by atoms with Crippen molar-refractivity contribution in [1.82, 2.24) is 10.2 Å². The Morgan fingerprint density at radius 3 is 2.39 bits per heavy atom. The van der Waals surface area contributed by atoms with Gasteiger partial charge in [-0.1, -0.05) is 35.9 Å². The molecule has 1 fully saturated rings. The first-order chi connectivity index (χ1) is 14.7. The Bertz CT molecular complexity index is 910. The van der Waals surface area contributed by atoms with Crippen molar-refractivity contribution in [2.24, 2.45) is 0 Å². The maximum Gasteiger partial charge on any atom is 0.416 e. The zero-order chi connectivity index (χ0) is 22.4. The van der Waals surface area contributed by atoms with Gasteiger partial charge in [0.15, 0.2) is 0 Å². The minimum absolute atomic E-state index is 0.0989. The van der Waals surface area contributed by atoms with Crippen molar-refractivity contribution in [3.63, 3.8) is 0 Å². The zero-order valence-corrected chi connectivity index (χ0v) is 17.0. The van der Waals surface area contributed by atoms with E-state index in [1.54, 1.807) is 0 Å². The van der Waals surface area contributed by atoms with Crippen molar-refractivity contribution < 1.29 is 27.5 Å². The van der Waals surface area contributed by atoms with Gasteiger partial charge in [-0.25, -0.2) is 0 Å². The average Bonchev–Trinajstić information content (AvgIpc) is 2.75. The van der Waals surface area contributed by atoms with E-state index >= 15 is 0 Å². The normalized spacial score (nSPS) is 15.9. The molecule has 0 radical (unpaired) electrons. The van der Waals surface area contributed by atoms with Crippen LogP contribution in [0.2, 0.25) is 0 Å². The second-order valence-corrected chi connectivity index (χ2v) is 7.32. The predicted octanol–water partition coefficient (Wildman–Crippen LogP) is 3.14. The van der Waals surface area contributed by atoms with Gasteiger partial charge in [0.2, 0.25) is 0 Å². The number of rotatable bonds is 5. The molecule has 1 atom stereocenters. The van der Waals surface area contributed by atoms with E-state index < -0.39 is 23.6 Å². The third kappa shape index (κ3) is 6.28. The van der Waals surface area contributed by atoms with Gasteiger partial charge in [0.1, 0.15) is 0 Å². The summed E-state index contributed by atoms with van der Waals surface area (Å²) in [5, 5.41) is 4.82. The number of carbonyl (C=O) groups is 2. The molecule has 1 saturated heterocycles. The molecule has 2 N–H and O–H groups in total. The summed E-state index contributed by atoms with van der Waals surface area (Å²) in [6.45, 7) is 4.68. The van der Waals surface area contributed by atoms with Crippen LogP contribution < -0.4 is 10.6 Å². The predicted molar refractivity (Wildman–Crippen MR) is 109 cm³/mol. The highest BCUT2D eigenvalue weighted by Gasteiger charge is 2.31. The molecule has 6 nitrogen and oxygen atoms in total. The number of nitrogens with one attached hydrogen (secondary N) is 2. The quantitative estimate of drug-likeness (QED) is 0.708. The summed E-state index contributed by atoms with van der Waals surface area (Å²) in [4.78, 5) is 26.7. The SMILES string of the molecule is Cc1ccc([C@@H](CNC(=O)C(=O)Nc2cccc(C(F)(F)F)c2)N2CCOCC2)cc1. The van der Waals surface area contributed by atoms with E-state index in [0.717, 1.165) is 23.3 Å². The molecule has 31 heavy (non-hydrogen) atoms. The number of ether oxygens (including phenoxy) is 1. The number of morpholine rings is 1. The summed E-state index contributed by atoms with van der Waals surface area (Å²) in [6.07, 6.45) is -4.54. The van der Waals surface area contributed by atoms with Gasteiger partial charge in [-0.3, -0.25) is 14.5 Å². The van der Waals surface area contributed by atoms with Crippen LogP contribution in [0.1, 0.15) is 22.7 Å².